The molecule has 0 bridgehead atoms. The summed E-state index contributed by atoms with van der Waals surface area (Å²) in [5.74, 6) is -0.222. The van der Waals surface area contributed by atoms with E-state index in [1.807, 2.05) is 13.0 Å². The molecule has 0 aliphatic heterocycles. The standard InChI is InChI=1S/C21H16FN3O2/c1-14(16-4-6-18(22)7-5-16)27-20-10-17(12-24-13-20)21(26)25-19-8-2-15(11-23)3-9-19/h2-10,12-14H,1H3,(H,25,26). The van der Waals surface area contributed by atoms with Gasteiger partial charge < -0.3 is 10.1 Å². The van der Waals surface area contributed by atoms with Crippen LogP contribution in [0.5, 0.6) is 5.75 Å². The molecule has 0 spiro atoms. The van der Waals surface area contributed by atoms with Crippen molar-refractivity contribution in [2.45, 2.75) is 13.0 Å². The molecule has 6 heteroatoms. The van der Waals surface area contributed by atoms with Gasteiger partial charge in [0.25, 0.3) is 5.91 Å². The molecule has 5 nitrogen and oxygen atoms in total. The van der Waals surface area contributed by atoms with E-state index in [2.05, 4.69) is 10.3 Å². The van der Waals surface area contributed by atoms with Crippen molar-refractivity contribution in [3.8, 4) is 11.8 Å². The van der Waals surface area contributed by atoms with Crippen LogP contribution in [0.25, 0.3) is 0 Å². The second-order valence-corrected chi connectivity index (χ2v) is 5.86. The summed E-state index contributed by atoms with van der Waals surface area (Å²) in [5, 5.41) is 11.6. The summed E-state index contributed by atoms with van der Waals surface area (Å²) in [7, 11) is 0. The first-order valence-electron chi connectivity index (χ1n) is 8.24. The summed E-state index contributed by atoms with van der Waals surface area (Å²) in [6, 6.07) is 16.2. The zero-order chi connectivity index (χ0) is 19.2. The van der Waals surface area contributed by atoms with E-state index in [1.165, 1.54) is 24.5 Å². The third-order valence-corrected chi connectivity index (χ3v) is 3.90. The van der Waals surface area contributed by atoms with Crippen LogP contribution >= 0.6 is 0 Å². The number of anilines is 1. The summed E-state index contributed by atoms with van der Waals surface area (Å²) in [5.41, 5.74) is 2.23. The van der Waals surface area contributed by atoms with Crippen molar-refractivity contribution in [2.75, 3.05) is 5.32 Å². The van der Waals surface area contributed by atoms with Gasteiger partial charge in [0.05, 0.1) is 23.4 Å². The monoisotopic (exact) mass is 361 g/mol. The van der Waals surface area contributed by atoms with Gasteiger partial charge in [-0.3, -0.25) is 9.78 Å². The zero-order valence-corrected chi connectivity index (χ0v) is 14.5. The Hall–Kier alpha value is -3.72. The molecule has 0 fully saturated rings. The van der Waals surface area contributed by atoms with Crippen molar-refractivity contribution >= 4 is 11.6 Å². The SMILES string of the molecule is CC(Oc1cncc(C(=O)Nc2ccc(C#N)cc2)c1)c1ccc(F)cc1. The number of amides is 1. The number of pyridine rings is 1. The smallest absolute Gasteiger partial charge is 0.257 e. The number of hydrogen-bond acceptors (Lipinski definition) is 4. The molecule has 3 aromatic rings. The van der Waals surface area contributed by atoms with Gasteiger partial charge in [-0.2, -0.15) is 5.26 Å². The summed E-state index contributed by atoms with van der Waals surface area (Å²) in [4.78, 5) is 16.4. The van der Waals surface area contributed by atoms with E-state index in [-0.39, 0.29) is 17.8 Å². The van der Waals surface area contributed by atoms with Gasteiger partial charge in [0.1, 0.15) is 17.7 Å². The van der Waals surface area contributed by atoms with Gasteiger partial charge in [-0.1, -0.05) is 12.1 Å². The molecule has 0 saturated heterocycles. The number of aromatic nitrogens is 1. The van der Waals surface area contributed by atoms with Crippen molar-refractivity contribution < 1.29 is 13.9 Å². The van der Waals surface area contributed by atoms with Gasteiger partial charge in [-0.25, -0.2) is 4.39 Å². The first-order valence-corrected chi connectivity index (χ1v) is 8.24. The molecule has 3 rings (SSSR count). The number of hydrogen-bond donors (Lipinski definition) is 1. The minimum absolute atomic E-state index is 0.311. The lowest BCUT2D eigenvalue weighted by atomic mass is 10.1. The van der Waals surface area contributed by atoms with Crippen LogP contribution in [0.4, 0.5) is 10.1 Å². The fourth-order valence-corrected chi connectivity index (χ4v) is 2.44. The Kier molecular flexibility index (Phi) is 5.43. The Morgan fingerprint density at radius 2 is 1.85 bits per heavy atom. The lowest BCUT2D eigenvalue weighted by molar-refractivity contribution is 0.102. The van der Waals surface area contributed by atoms with E-state index in [4.69, 9.17) is 10.00 Å². The van der Waals surface area contributed by atoms with Crippen LogP contribution in [0.15, 0.2) is 67.0 Å². The molecule has 0 aliphatic rings. The highest BCUT2D eigenvalue weighted by Gasteiger charge is 2.11. The molecule has 134 valence electrons. The van der Waals surface area contributed by atoms with E-state index in [0.29, 0.717) is 22.6 Å². The molecule has 1 unspecified atom stereocenters. The van der Waals surface area contributed by atoms with Gasteiger partial charge in [0, 0.05) is 11.9 Å². The number of rotatable bonds is 5. The number of ether oxygens (including phenoxy) is 1. The maximum absolute atomic E-state index is 13.0. The van der Waals surface area contributed by atoms with Crippen LogP contribution in [-0.4, -0.2) is 10.9 Å². The lowest BCUT2D eigenvalue weighted by Crippen LogP contribution is -2.12. The minimum Gasteiger partial charge on any atom is -0.484 e. The molecule has 0 saturated carbocycles. The number of halogens is 1. The predicted molar refractivity (Wildman–Crippen MR) is 98.8 cm³/mol. The molecule has 1 amide bonds. The largest absolute Gasteiger partial charge is 0.484 e. The van der Waals surface area contributed by atoms with Crippen LogP contribution < -0.4 is 10.1 Å². The van der Waals surface area contributed by atoms with E-state index >= 15 is 0 Å². The topological polar surface area (TPSA) is 75.0 Å². The van der Waals surface area contributed by atoms with E-state index in [1.54, 1.807) is 42.5 Å². The van der Waals surface area contributed by atoms with E-state index < -0.39 is 0 Å². The van der Waals surface area contributed by atoms with Crippen LogP contribution in [0, 0.1) is 17.1 Å². The number of benzene rings is 2. The maximum atomic E-state index is 13.0. The van der Waals surface area contributed by atoms with Crippen molar-refractivity contribution in [1.29, 1.82) is 5.26 Å². The Morgan fingerprint density at radius 3 is 2.52 bits per heavy atom. The average molecular weight is 361 g/mol. The molecule has 1 heterocycles. The quantitative estimate of drug-likeness (QED) is 0.727. The lowest BCUT2D eigenvalue weighted by Gasteiger charge is -2.15. The van der Waals surface area contributed by atoms with Crippen molar-refractivity contribution in [1.82, 2.24) is 4.98 Å². The molecule has 1 atom stereocenters. The third kappa shape index (κ3) is 4.67. The van der Waals surface area contributed by atoms with Crippen LogP contribution in [0.2, 0.25) is 0 Å². The second-order valence-electron chi connectivity index (χ2n) is 5.86. The molecule has 0 radical (unpaired) electrons. The number of nitrogens with one attached hydrogen (secondary N) is 1. The molecule has 1 N–H and O–H groups in total. The number of carbonyl (C=O) groups is 1. The van der Waals surface area contributed by atoms with Crippen molar-refractivity contribution in [3.63, 3.8) is 0 Å². The van der Waals surface area contributed by atoms with Crippen molar-refractivity contribution in [3.05, 3.63) is 89.5 Å². The molecular formula is C21H16FN3O2. The highest BCUT2D eigenvalue weighted by molar-refractivity contribution is 6.04. The highest BCUT2D eigenvalue weighted by Crippen LogP contribution is 2.22. The summed E-state index contributed by atoms with van der Waals surface area (Å²) < 4.78 is 18.8. The van der Waals surface area contributed by atoms with Crippen molar-refractivity contribution in [2.24, 2.45) is 0 Å². The van der Waals surface area contributed by atoms with Gasteiger partial charge in [0.15, 0.2) is 0 Å². The molecular weight excluding hydrogens is 345 g/mol. The zero-order valence-electron chi connectivity index (χ0n) is 14.5. The summed E-state index contributed by atoms with van der Waals surface area (Å²) in [6.07, 6.45) is 2.62. The maximum Gasteiger partial charge on any atom is 0.257 e. The molecule has 0 aliphatic carbocycles. The van der Waals surface area contributed by atoms with Crippen LogP contribution in [0.3, 0.4) is 0 Å². The van der Waals surface area contributed by atoms with Gasteiger partial charge in [-0.15, -0.1) is 0 Å². The van der Waals surface area contributed by atoms with Crippen LogP contribution in [-0.2, 0) is 0 Å². The minimum atomic E-state index is -0.341. The van der Waals surface area contributed by atoms with E-state index in [9.17, 15) is 9.18 Å². The Bertz CT molecular complexity index is 980. The summed E-state index contributed by atoms with van der Waals surface area (Å²) in [6.45, 7) is 1.83. The molecule has 27 heavy (non-hydrogen) atoms. The fourth-order valence-electron chi connectivity index (χ4n) is 2.44. The molecule has 1 aromatic heterocycles. The average Bonchev–Trinajstić information content (AvgIpc) is 2.69. The fraction of sp³-hybridized carbons (Fsp3) is 0.0952. The Balaban J connectivity index is 1.69. The Morgan fingerprint density at radius 1 is 1.15 bits per heavy atom. The number of nitriles is 1. The predicted octanol–water partition coefficient (Wildman–Crippen LogP) is 4.48. The first-order chi connectivity index (χ1) is 13.0. The number of carbonyl (C=O) groups excluding carboxylic acids is 1. The normalized spacial score (nSPS) is 11.3. The molecule has 2 aromatic carbocycles. The van der Waals surface area contributed by atoms with Gasteiger partial charge >= 0.3 is 0 Å². The number of nitrogens with zero attached hydrogens (tertiary/aromatic N) is 2. The Labute approximate surface area is 156 Å². The summed E-state index contributed by atoms with van der Waals surface area (Å²) >= 11 is 0. The van der Waals surface area contributed by atoms with Gasteiger partial charge in [0.2, 0.25) is 0 Å². The van der Waals surface area contributed by atoms with E-state index in [0.717, 1.165) is 5.56 Å². The first kappa shape index (κ1) is 18.1. The second kappa shape index (κ2) is 8.11. The van der Waals surface area contributed by atoms with Crippen LogP contribution in [0.1, 0.15) is 34.5 Å². The highest BCUT2D eigenvalue weighted by atomic mass is 19.1. The van der Waals surface area contributed by atoms with Gasteiger partial charge in [-0.05, 0) is 55.0 Å². The third-order valence-electron chi connectivity index (χ3n) is 3.90.